The molecular weight excluding hydrogens is 438 g/mol. The third kappa shape index (κ3) is 7.49. The zero-order valence-electron chi connectivity index (χ0n) is 19.5. The molecule has 33 heavy (non-hydrogen) atoms. The Kier molecular flexibility index (Phi) is 11.2. The molecule has 8 heteroatoms. The molecule has 0 saturated heterocycles. The van der Waals surface area contributed by atoms with Gasteiger partial charge in [0.2, 0.25) is 5.88 Å². The summed E-state index contributed by atoms with van der Waals surface area (Å²) in [4.78, 5) is 16.2. The van der Waals surface area contributed by atoms with Crippen molar-refractivity contribution in [3.8, 4) is 22.8 Å². The van der Waals surface area contributed by atoms with Crippen LogP contribution in [0.2, 0.25) is 0 Å². The number of hydrogen-bond acceptors (Lipinski definition) is 8. The number of aromatic nitrogens is 1. The van der Waals surface area contributed by atoms with Crippen LogP contribution in [0.5, 0.6) is 11.6 Å². The van der Waals surface area contributed by atoms with Gasteiger partial charge in [-0.2, -0.15) is 0 Å². The van der Waals surface area contributed by atoms with Crippen LogP contribution < -0.4 is 19.9 Å². The maximum Gasteiger partial charge on any atom is 0.221 e. The van der Waals surface area contributed by atoms with Crippen molar-refractivity contribution in [2.45, 2.75) is 25.3 Å². The Morgan fingerprint density at radius 2 is 1.91 bits per heavy atom. The minimum absolute atomic E-state index is 0.452. The SMILES string of the molecule is CCOCc1cc(C=O)ccc1-c1cccnc1OCC.CNc1ccc(SN)c(OC)c1. The van der Waals surface area contributed by atoms with E-state index in [4.69, 9.17) is 19.3 Å². The van der Waals surface area contributed by atoms with E-state index < -0.39 is 0 Å². The summed E-state index contributed by atoms with van der Waals surface area (Å²) < 4.78 is 16.2. The van der Waals surface area contributed by atoms with Crippen LogP contribution in [0.3, 0.4) is 0 Å². The molecule has 1 aromatic heterocycles. The first-order valence-electron chi connectivity index (χ1n) is 10.6. The summed E-state index contributed by atoms with van der Waals surface area (Å²) in [5.41, 5.74) is 4.49. The van der Waals surface area contributed by atoms with Gasteiger partial charge >= 0.3 is 0 Å². The molecule has 0 bridgehead atoms. The number of rotatable bonds is 10. The van der Waals surface area contributed by atoms with Gasteiger partial charge in [0, 0.05) is 42.7 Å². The summed E-state index contributed by atoms with van der Waals surface area (Å²) in [5, 5.41) is 8.46. The van der Waals surface area contributed by atoms with Gasteiger partial charge in [0.1, 0.15) is 12.0 Å². The average Bonchev–Trinajstić information content (AvgIpc) is 2.87. The summed E-state index contributed by atoms with van der Waals surface area (Å²) >= 11 is 1.19. The molecule has 0 aliphatic heterocycles. The second kappa shape index (κ2) is 14.2. The Morgan fingerprint density at radius 3 is 2.55 bits per heavy atom. The molecule has 3 N–H and O–H groups in total. The molecule has 0 aliphatic rings. The van der Waals surface area contributed by atoms with Crippen molar-refractivity contribution in [2.75, 3.05) is 32.7 Å². The van der Waals surface area contributed by atoms with Crippen LogP contribution >= 0.6 is 11.9 Å². The first kappa shape index (κ1) is 26.2. The average molecular weight is 470 g/mol. The van der Waals surface area contributed by atoms with Crippen LogP contribution in [0.25, 0.3) is 11.1 Å². The number of carbonyl (C=O) groups excluding carboxylic acids is 1. The van der Waals surface area contributed by atoms with E-state index in [0.717, 1.165) is 39.3 Å². The number of benzene rings is 2. The zero-order valence-corrected chi connectivity index (χ0v) is 20.3. The van der Waals surface area contributed by atoms with Crippen molar-refractivity contribution in [3.05, 3.63) is 65.9 Å². The molecule has 176 valence electrons. The van der Waals surface area contributed by atoms with Crippen molar-refractivity contribution in [1.29, 1.82) is 0 Å². The van der Waals surface area contributed by atoms with Gasteiger partial charge in [-0.3, -0.25) is 9.93 Å². The van der Waals surface area contributed by atoms with Crippen molar-refractivity contribution < 1.29 is 19.0 Å². The van der Waals surface area contributed by atoms with Crippen molar-refractivity contribution in [2.24, 2.45) is 5.14 Å². The minimum atomic E-state index is 0.452. The quantitative estimate of drug-likeness (QED) is 0.309. The number of nitrogens with two attached hydrogens (primary N) is 1. The largest absolute Gasteiger partial charge is 0.495 e. The number of nitrogens with zero attached hydrogens (tertiary/aromatic N) is 1. The molecular formula is C25H31N3O4S. The van der Waals surface area contributed by atoms with Crippen LogP contribution in [0, 0.1) is 0 Å². The molecule has 2 aromatic carbocycles. The fraction of sp³-hybridized carbons (Fsp3) is 0.280. The highest BCUT2D eigenvalue weighted by Gasteiger charge is 2.12. The van der Waals surface area contributed by atoms with Crippen LogP contribution in [0.4, 0.5) is 5.69 Å². The van der Waals surface area contributed by atoms with E-state index in [1.807, 2.05) is 63.4 Å². The van der Waals surface area contributed by atoms with E-state index >= 15 is 0 Å². The van der Waals surface area contributed by atoms with E-state index in [2.05, 4.69) is 10.3 Å². The van der Waals surface area contributed by atoms with Crippen LogP contribution in [0.1, 0.15) is 29.8 Å². The van der Waals surface area contributed by atoms with Gasteiger partial charge in [0.25, 0.3) is 0 Å². The van der Waals surface area contributed by atoms with E-state index in [1.54, 1.807) is 19.4 Å². The fourth-order valence-electron chi connectivity index (χ4n) is 3.05. The van der Waals surface area contributed by atoms with Gasteiger partial charge in [-0.15, -0.1) is 0 Å². The van der Waals surface area contributed by atoms with Crippen LogP contribution in [-0.4, -0.2) is 38.6 Å². The monoisotopic (exact) mass is 469 g/mol. The Balaban J connectivity index is 0.000000273. The molecule has 1 heterocycles. The molecule has 7 nitrogen and oxygen atoms in total. The number of anilines is 1. The second-order valence-corrected chi connectivity index (χ2v) is 7.37. The lowest BCUT2D eigenvalue weighted by atomic mass is 9.99. The Bertz CT molecular complexity index is 1030. The van der Waals surface area contributed by atoms with Gasteiger partial charge < -0.3 is 19.5 Å². The molecule has 0 unspecified atom stereocenters. The van der Waals surface area contributed by atoms with Gasteiger partial charge in [-0.1, -0.05) is 12.1 Å². The summed E-state index contributed by atoms with van der Waals surface area (Å²) in [5.74, 6) is 1.39. The smallest absolute Gasteiger partial charge is 0.221 e. The van der Waals surface area contributed by atoms with Crippen molar-refractivity contribution in [1.82, 2.24) is 4.98 Å². The molecule has 0 saturated carbocycles. The Hall–Kier alpha value is -3.07. The number of pyridine rings is 1. The third-order valence-corrected chi connectivity index (χ3v) is 5.24. The number of hydrogen-bond donors (Lipinski definition) is 2. The normalized spacial score (nSPS) is 10.1. The lowest BCUT2D eigenvalue weighted by Gasteiger charge is -2.13. The van der Waals surface area contributed by atoms with Crippen molar-refractivity contribution in [3.63, 3.8) is 0 Å². The first-order chi connectivity index (χ1) is 16.1. The van der Waals surface area contributed by atoms with Gasteiger partial charge in [-0.25, -0.2) is 4.98 Å². The van der Waals surface area contributed by atoms with E-state index in [-0.39, 0.29) is 0 Å². The van der Waals surface area contributed by atoms with E-state index in [9.17, 15) is 4.79 Å². The van der Waals surface area contributed by atoms with Crippen LogP contribution in [-0.2, 0) is 11.3 Å². The molecule has 0 amide bonds. The Morgan fingerprint density at radius 1 is 1.09 bits per heavy atom. The van der Waals surface area contributed by atoms with Gasteiger partial charge in [0.15, 0.2) is 0 Å². The first-order valence-corrected chi connectivity index (χ1v) is 11.5. The zero-order chi connectivity index (χ0) is 24.1. The summed E-state index contributed by atoms with van der Waals surface area (Å²) in [6, 6.07) is 15.2. The van der Waals surface area contributed by atoms with E-state index in [1.165, 1.54) is 11.9 Å². The molecule has 3 aromatic rings. The highest BCUT2D eigenvalue weighted by molar-refractivity contribution is 7.97. The van der Waals surface area contributed by atoms with Gasteiger partial charge in [-0.05, 0) is 67.3 Å². The lowest BCUT2D eigenvalue weighted by molar-refractivity contribution is 0.112. The van der Waals surface area contributed by atoms with Gasteiger partial charge in [0.05, 0.1) is 25.2 Å². The number of nitrogens with one attached hydrogen (secondary N) is 1. The minimum Gasteiger partial charge on any atom is -0.495 e. The van der Waals surface area contributed by atoms with E-state index in [0.29, 0.717) is 31.3 Å². The predicted molar refractivity (Wildman–Crippen MR) is 134 cm³/mol. The number of ether oxygens (including phenoxy) is 3. The molecule has 0 radical (unpaired) electrons. The summed E-state index contributed by atoms with van der Waals surface area (Å²) in [6.07, 6.45) is 2.54. The van der Waals surface area contributed by atoms with Crippen LogP contribution in [0.15, 0.2) is 59.6 Å². The highest BCUT2D eigenvalue weighted by atomic mass is 32.2. The number of methoxy groups -OCH3 is 1. The highest BCUT2D eigenvalue weighted by Crippen LogP contribution is 2.32. The summed E-state index contributed by atoms with van der Waals surface area (Å²) in [7, 11) is 3.50. The standard InChI is InChI=1S/C17H19NO3.C8H12N2OS/c1-3-20-12-14-10-13(11-19)7-8-15(14)16-6-5-9-18-17(16)21-4-2;1-10-6-3-4-8(12-9)7(5-6)11-2/h5-11H,3-4,12H2,1-2H3;3-5,10H,9H2,1-2H3. The molecule has 0 atom stereocenters. The third-order valence-electron chi connectivity index (χ3n) is 4.65. The maximum absolute atomic E-state index is 11.0. The fourth-order valence-corrected chi connectivity index (χ4v) is 3.45. The topological polar surface area (TPSA) is 95.7 Å². The lowest BCUT2D eigenvalue weighted by Crippen LogP contribution is -2.00. The number of carbonyl (C=O) groups is 1. The maximum atomic E-state index is 11.0. The number of aldehydes is 1. The predicted octanol–water partition coefficient (Wildman–Crippen LogP) is 5.20. The molecule has 0 spiro atoms. The Labute approximate surface area is 199 Å². The molecule has 3 rings (SSSR count). The van der Waals surface area contributed by atoms with Crippen molar-refractivity contribution >= 4 is 23.9 Å². The molecule has 0 aliphatic carbocycles. The second-order valence-electron chi connectivity index (χ2n) is 6.69. The molecule has 0 fully saturated rings. The summed E-state index contributed by atoms with van der Waals surface area (Å²) in [6.45, 7) is 5.50.